The Morgan fingerprint density at radius 2 is 0.789 bits per heavy atom. The highest BCUT2D eigenvalue weighted by atomic mass is 79.9. The lowest BCUT2D eigenvalue weighted by atomic mass is 10.0. The fourth-order valence-corrected chi connectivity index (χ4v) is 5.95. The SMILES string of the molecule is CCCCCCCCCCOc1c2ccc(Br)cc2c(OCCCCCCCCCC)c2ccc(Br)cc12. The number of rotatable bonds is 20. The number of fused-ring (bicyclic) bond motifs is 2. The Morgan fingerprint density at radius 1 is 0.447 bits per heavy atom. The molecule has 0 saturated heterocycles. The fourth-order valence-electron chi connectivity index (χ4n) is 5.23. The van der Waals surface area contributed by atoms with Gasteiger partial charge in [0, 0.05) is 30.5 Å². The van der Waals surface area contributed by atoms with Gasteiger partial charge in [0.15, 0.2) is 0 Å². The molecule has 0 unspecified atom stereocenters. The molecular weight excluding hydrogens is 600 g/mol. The first kappa shape index (κ1) is 31.3. The van der Waals surface area contributed by atoms with Crippen molar-refractivity contribution >= 4 is 53.4 Å². The number of hydrogen-bond acceptors (Lipinski definition) is 2. The maximum Gasteiger partial charge on any atom is 0.135 e. The van der Waals surface area contributed by atoms with Crippen molar-refractivity contribution in [2.45, 2.75) is 117 Å². The van der Waals surface area contributed by atoms with Crippen LogP contribution < -0.4 is 9.47 Å². The molecule has 210 valence electrons. The van der Waals surface area contributed by atoms with Crippen molar-refractivity contribution in [2.24, 2.45) is 0 Å². The van der Waals surface area contributed by atoms with Gasteiger partial charge in [-0.25, -0.2) is 0 Å². The zero-order valence-corrected chi connectivity index (χ0v) is 26.9. The average Bonchev–Trinajstić information content (AvgIpc) is 2.91. The lowest BCUT2D eigenvalue weighted by molar-refractivity contribution is 0.306. The van der Waals surface area contributed by atoms with E-state index in [0.717, 1.165) is 68.0 Å². The zero-order chi connectivity index (χ0) is 27.0. The van der Waals surface area contributed by atoms with E-state index in [1.165, 1.54) is 89.9 Å². The van der Waals surface area contributed by atoms with Gasteiger partial charge in [0.2, 0.25) is 0 Å². The molecule has 2 nitrogen and oxygen atoms in total. The Morgan fingerprint density at radius 3 is 1.16 bits per heavy atom. The van der Waals surface area contributed by atoms with Crippen LogP contribution in [0.4, 0.5) is 0 Å². The lowest BCUT2D eigenvalue weighted by Gasteiger charge is -2.18. The lowest BCUT2D eigenvalue weighted by Crippen LogP contribution is -2.02. The number of unbranched alkanes of at least 4 members (excludes halogenated alkanes) is 14. The average molecular weight is 649 g/mol. The number of benzene rings is 3. The van der Waals surface area contributed by atoms with E-state index in [2.05, 4.69) is 82.1 Å². The summed E-state index contributed by atoms with van der Waals surface area (Å²) in [4.78, 5) is 0. The van der Waals surface area contributed by atoms with Crippen molar-refractivity contribution in [3.63, 3.8) is 0 Å². The van der Waals surface area contributed by atoms with Gasteiger partial charge in [0.05, 0.1) is 13.2 Å². The predicted octanol–water partition coefficient (Wildman–Crippen LogP) is 12.6. The molecule has 4 heteroatoms. The molecule has 0 fully saturated rings. The van der Waals surface area contributed by atoms with Gasteiger partial charge in [0.25, 0.3) is 0 Å². The van der Waals surface area contributed by atoms with Crippen molar-refractivity contribution < 1.29 is 9.47 Å². The van der Waals surface area contributed by atoms with Crippen LogP contribution in [0.1, 0.15) is 117 Å². The van der Waals surface area contributed by atoms with E-state index in [4.69, 9.17) is 9.47 Å². The Labute approximate surface area is 248 Å². The summed E-state index contributed by atoms with van der Waals surface area (Å²) in [5.41, 5.74) is 0. The van der Waals surface area contributed by atoms with Crippen LogP contribution in [0.2, 0.25) is 0 Å². The molecule has 3 aromatic rings. The molecule has 0 radical (unpaired) electrons. The quantitative estimate of drug-likeness (QED) is 0.0897. The van der Waals surface area contributed by atoms with Gasteiger partial charge >= 0.3 is 0 Å². The molecule has 38 heavy (non-hydrogen) atoms. The molecule has 0 bridgehead atoms. The summed E-state index contributed by atoms with van der Waals surface area (Å²) >= 11 is 7.39. The smallest absolute Gasteiger partial charge is 0.135 e. The van der Waals surface area contributed by atoms with Gasteiger partial charge in [-0.15, -0.1) is 0 Å². The first-order chi connectivity index (χ1) is 18.7. The highest BCUT2D eigenvalue weighted by Gasteiger charge is 2.17. The Kier molecular flexibility index (Phi) is 14.9. The van der Waals surface area contributed by atoms with Gasteiger partial charge in [-0.3, -0.25) is 0 Å². The minimum atomic E-state index is 0.750. The number of ether oxygens (including phenoxy) is 2. The van der Waals surface area contributed by atoms with Crippen LogP contribution in [0.3, 0.4) is 0 Å². The second-order valence-electron chi connectivity index (χ2n) is 10.7. The fraction of sp³-hybridized carbons (Fsp3) is 0.588. The third-order valence-corrected chi connectivity index (χ3v) is 8.42. The minimum absolute atomic E-state index is 0.750. The van der Waals surface area contributed by atoms with E-state index in [0.29, 0.717) is 0 Å². The summed E-state index contributed by atoms with van der Waals surface area (Å²) in [6, 6.07) is 12.9. The van der Waals surface area contributed by atoms with Crippen LogP contribution in [0, 0.1) is 0 Å². The molecule has 0 aliphatic heterocycles. The standard InChI is InChI=1S/C34H48Br2O2/c1-3-5-7-9-11-13-15-17-23-37-33-29-21-19-28(36)26-32(29)34(30-22-20-27(35)25-31(30)33)38-24-18-16-14-12-10-8-6-4-2/h19-22,25-26H,3-18,23-24H2,1-2H3. The van der Waals surface area contributed by atoms with Crippen molar-refractivity contribution in [3.8, 4) is 11.5 Å². The summed E-state index contributed by atoms with van der Waals surface area (Å²) < 4.78 is 15.2. The maximum atomic E-state index is 6.53. The topological polar surface area (TPSA) is 18.5 Å². The molecule has 0 aromatic heterocycles. The van der Waals surface area contributed by atoms with Crippen LogP contribution in [0.25, 0.3) is 21.5 Å². The molecule has 0 heterocycles. The largest absolute Gasteiger partial charge is 0.492 e. The first-order valence-corrected chi connectivity index (χ1v) is 16.8. The summed E-state index contributed by atoms with van der Waals surface area (Å²) in [5, 5.41) is 4.51. The van der Waals surface area contributed by atoms with Gasteiger partial charge in [-0.2, -0.15) is 0 Å². The minimum Gasteiger partial charge on any atom is -0.492 e. The molecule has 0 amide bonds. The van der Waals surface area contributed by atoms with Crippen molar-refractivity contribution in [1.29, 1.82) is 0 Å². The van der Waals surface area contributed by atoms with E-state index in [-0.39, 0.29) is 0 Å². The van der Waals surface area contributed by atoms with Crippen molar-refractivity contribution in [1.82, 2.24) is 0 Å². The van der Waals surface area contributed by atoms with Crippen LogP contribution in [0.5, 0.6) is 11.5 Å². The van der Waals surface area contributed by atoms with Gasteiger partial charge < -0.3 is 9.47 Å². The first-order valence-electron chi connectivity index (χ1n) is 15.3. The third-order valence-electron chi connectivity index (χ3n) is 7.43. The second-order valence-corrected chi connectivity index (χ2v) is 12.5. The monoisotopic (exact) mass is 646 g/mol. The Bertz CT molecular complexity index is 1010. The van der Waals surface area contributed by atoms with E-state index in [1.807, 2.05) is 0 Å². The summed E-state index contributed by atoms with van der Waals surface area (Å²) in [7, 11) is 0. The van der Waals surface area contributed by atoms with Crippen molar-refractivity contribution in [2.75, 3.05) is 13.2 Å². The Balaban J connectivity index is 1.67. The normalized spacial score (nSPS) is 11.5. The van der Waals surface area contributed by atoms with Crippen LogP contribution in [-0.2, 0) is 0 Å². The van der Waals surface area contributed by atoms with E-state index in [9.17, 15) is 0 Å². The Hall–Kier alpha value is -1.26. The van der Waals surface area contributed by atoms with Gasteiger partial charge in [0.1, 0.15) is 11.5 Å². The molecule has 0 spiro atoms. The highest BCUT2D eigenvalue weighted by molar-refractivity contribution is 9.10. The van der Waals surface area contributed by atoms with Crippen LogP contribution in [-0.4, -0.2) is 13.2 Å². The second kappa shape index (κ2) is 18.2. The van der Waals surface area contributed by atoms with Gasteiger partial charge in [-0.05, 0) is 49.2 Å². The van der Waals surface area contributed by atoms with E-state index < -0.39 is 0 Å². The number of halogens is 2. The van der Waals surface area contributed by atoms with Crippen LogP contribution >= 0.6 is 31.9 Å². The third kappa shape index (κ3) is 10.0. The van der Waals surface area contributed by atoms with E-state index >= 15 is 0 Å². The molecule has 3 aromatic carbocycles. The van der Waals surface area contributed by atoms with Crippen LogP contribution in [0.15, 0.2) is 45.3 Å². The van der Waals surface area contributed by atoms with E-state index in [1.54, 1.807) is 0 Å². The molecule has 3 rings (SSSR count). The van der Waals surface area contributed by atoms with Crippen molar-refractivity contribution in [3.05, 3.63) is 45.3 Å². The predicted molar refractivity (Wildman–Crippen MR) is 173 cm³/mol. The molecule has 0 N–H and O–H groups in total. The molecule has 0 saturated carbocycles. The molecule has 0 aliphatic carbocycles. The summed E-state index contributed by atoms with van der Waals surface area (Å²) in [6.07, 6.45) is 20.8. The summed E-state index contributed by atoms with van der Waals surface area (Å²) in [6.45, 7) is 6.05. The molecule has 0 atom stereocenters. The maximum absolute atomic E-state index is 6.53. The zero-order valence-electron chi connectivity index (χ0n) is 23.8. The highest BCUT2D eigenvalue weighted by Crippen LogP contribution is 2.44. The molecular formula is C34H48Br2O2. The number of hydrogen-bond donors (Lipinski definition) is 0. The molecule has 0 aliphatic rings. The summed E-state index contributed by atoms with van der Waals surface area (Å²) in [5.74, 6) is 1.96. The van der Waals surface area contributed by atoms with Gasteiger partial charge in [-0.1, -0.05) is 136 Å².